The number of Topliss-reactive ketones (excluding diaryl/α,β-unsaturated/α-hetero) is 1. The molecule has 0 saturated heterocycles. The third-order valence-corrected chi connectivity index (χ3v) is 2.13. The van der Waals surface area contributed by atoms with Gasteiger partial charge in [-0.05, 0) is 6.07 Å². The molecule has 0 atom stereocenters. The van der Waals surface area contributed by atoms with Crippen molar-refractivity contribution in [1.82, 2.24) is 20.0 Å². The summed E-state index contributed by atoms with van der Waals surface area (Å²) in [5.74, 6) is -0.831. The van der Waals surface area contributed by atoms with E-state index in [1.54, 1.807) is 6.20 Å². The van der Waals surface area contributed by atoms with Gasteiger partial charge in [-0.15, -0.1) is 5.10 Å². The number of hydrogen-bond acceptors (Lipinski definition) is 5. The van der Waals surface area contributed by atoms with Crippen LogP contribution >= 0.6 is 0 Å². The van der Waals surface area contributed by atoms with E-state index in [1.165, 1.54) is 10.9 Å². The molecule has 2 rings (SSSR count). The number of hydrogen-bond donors (Lipinski definition) is 1. The standard InChI is InChI=1S/C10H10FN5O/c11-8-1-7(3-13-4-8)10(17)6-16-5-9(2-12)14-15-16/h1,3-5H,2,6,12H2. The quantitative estimate of drug-likeness (QED) is 0.762. The van der Waals surface area contributed by atoms with Crippen LogP contribution in [-0.2, 0) is 13.1 Å². The van der Waals surface area contributed by atoms with Crippen LogP contribution in [0.2, 0.25) is 0 Å². The molecule has 2 N–H and O–H groups in total. The van der Waals surface area contributed by atoms with Crippen LogP contribution in [0.4, 0.5) is 4.39 Å². The summed E-state index contributed by atoms with van der Waals surface area (Å²) in [5.41, 5.74) is 6.16. The van der Waals surface area contributed by atoms with Gasteiger partial charge in [-0.3, -0.25) is 9.78 Å². The fraction of sp³-hybridized carbons (Fsp3) is 0.200. The zero-order chi connectivity index (χ0) is 12.3. The van der Waals surface area contributed by atoms with Crippen molar-refractivity contribution < 1.29 is 9.18 Å². The second-order valence-electron chi connectivity index (χ2n) is 3.43. The molecule has 17 heavy (non-hydrogen) atoms. The molecule has 0 amide bonds. The van der Waals surface area contributed by atoms with Crippen molar-refractivity contribution >= 4 is 5.78 Å². The number of rotatable bonds is 4. The number of nitrogens with zero attached hydrogens (tertiary/aromatic N) is 4. The van der Waals surface area contributed by atoms with E-state index in [0.717, 1.165) is 12.3 Å². The first-order chi connectivity index (χ1) is 8.19. The molecule has 0 bridgehead atoms. The first-order valence-electron chi connectivity index (χ1n) is 4.92. The summed E-state index contributed by atoms with van der Waals surface area (Å²) in [5, 5.41) is 7.47. The second kappa shape index (κ2) is 4.79. The first kappa shape index (κ1) is 11.3. The minimum absolute atomic E-state index is 0.0157. The molecule has 7 heteroatoms. The third kappa shape index (κ3) is 2.70. The summed E-state index contributed by atoms with van der Waals surface area (Å²) in [6.07, 6.45) is 3.93. The summed E-state index contributed by atoms with van der Waals surface area (Å²) >= 11 is 0. The number of carbonyl (C=O) groups is 1. The van der Waals surface area contributed by atoms with E-state index in [1.807, 2.05) is 0 Å². The lowest BCUT2D eigenvalue weighted by Crippen LogP contribution is -2.11. The summed E-state index contributed by atoms with van der Waals surface area (Å²) < 4.78 is 14.2. The molecule has 0 fully saturated rings. The van der Waals surface area contributed by atoms with Crippen molar-refractivity contribution in [2.45, 2.75) is 13.1 Å². The maximum absolute atomic E-state index is 12.9. The molecule has 0 saturated carbocycles. The first-order valence-corrected chi connectivity index (χ1v) is 4.92. The lowest BCUT2D eigenvalue weighted by Gasteiger charge is -2.00. The fourth-order valence-corrected chi connectivity index (χ4v) is 1.31. The SMILES string of the molecule is NCc1cn(CC(=O)c2cncc(F)c2)nn1. The van der Waals surface area contributed by atoms with Crippen LogP contribution in [0, 0.1) is 5.82 Å². The van der Waals surface area contributed by atoms with Gasteiger partial charge in [-0.2, -0.15) is 0 Å². The molecular weight excluding hydrogens is 225 g/mol. The molecule has 88 valence electrons. The van der Waals surface area contributed by atoms with Crippen LogP contribution in [0.3, 0.4) is 0 Å². The maximum Gasteiger partial charge on any atom is 0.185 e. The minimum Gasteiger partial charge on any atom is -0.325 e. The highest BCUT2D eigenvalue weighted by molar-refractivity contribution is 5.95. The van der Waals surface area contributed by atoms with Gasteiger partial charge in [0.2, 0.25) is 0 Å². The largest absolute Gasteiger partial charge is 0.325 e. The van der Waals surface area contributed by atoms with Crippen LogP contribution < -0.4 is 5.73 Å². The lowest BCUT2D eigenvalue weighted by atomic mass is 10.2. The average Bonchev–Trinajstić information content (AvgIpc) is 2.77. The van der Waals surface area contributed by atoms with E-state index >= 15 is 0 Å². The molecule has 2 aromatic heterocycles. The zero-order valence-electron chi connectivity index (χ0n) is 8.88. The Hall–Kier alpha value is -2.15. The summed E-state index contributed by atoms with van der Waals surface area (Å²) in [6, 6.07) is 1.14. The summed E-state index contributed by atoms with van der Waals surface area (Å²) in [7, 11) is 0. The second-order valence-corrected chi connectivity index (χ2v) is 3.43. The molecule has 0 unspecified atom stereocenters. The van der Waals surface area contributed by atoms with Gasteiger partial charge in [0.05, 0.1) is 18.1 Å². The van der Waals surface area contributed by atoms with Gasteiger partial charge >= 0.3 is 0 Å². The van der Waals surface area contributed by atoms with E-state index in [0.29, 0.717) is 5.69 Å². The Bertz CT molecular complexity index is 539. The predicted molar refractivity (Wildman–Crippen MR) is 56.4 cm³/mol. The molecule has 2 heterocycles. The van der Waals surface area contributed by atoms with Gasteiger partial charge in [0.15, 0.2) is 5.78 Å². The number of pyridine rings is 1. The Kier molecular flexibility index (Phi) is 3.20. The summed E-state index contributed by atoms with van der Waals surface area (Å²) in [6.45, 7) is 0.244. The molecule has 0 aromatic carbocycles. The molecule has 0 aliphatic heterocycles. The third-order valence-electron chi connectivity index (χ3n) is 2.13. The number of nitrogens with two attached hydrogens (primary N) is 1. The van der Waals surface area contributed by atoms with Crippen molar-refractivity contribution in [3.8, 4) is 0 Å². The van der Waals surface area contributed by atoms with Gasteiger partial charge in [0, 0.05) is 18.3 Å². The normalized spacial score (nSPS) is 10.5. The monoisotopic (exact) mass is 235 g/mol. The Balaban J connectivity index is 2.11. The minimum atomic E-state index is -0.544. The lowest BCUT2D eigenvalue weighted by molar-refractivity contribution is 0.0966. The average molecular weight is 235 g/mol. The molecule has 0 aliphatic carbocycles. The zero-order valence-corrected chi connectivity index (χ0v) is 8.88. The molecule has 0 aliphatic rings. The Morgan fingerprint density at radius 2 is 2.29 bits per heavy atom. The number of halogens is 1. The Morgan fingerprint density at radius 1 is 1.47 bits per heavy atom. The van der Waals surface area contributed by atoms with E-state index in [9.17, 15) is 9.18 Å². The smallest absolute Gasteiger partial charge is 0.185 e. The van der Waals surface area contributed by atoms with Gasteiger partial charge in [-0.1, -0.05) is 5.21 Å². The highest BCUT2D eigenvalue weighted by atomic mass is 19.1. The van der Waals surface area contributed by atoms with Crippen LogP contribution in [0.25, 0.3) is 0 Å². The topological polar surface area (TPSA) is 86.7 Å². The van der Waals surface area contributed by atoms with Crippen molar-refractivity contribution in [1.29, 1.82) is 0 Å². The van der Waals surface area contributed by atoms with E-state index in [2.05, 4.69) is 15.3 Å². The molecular formula is C10H10FN5O. The maximum atomic E-state index is 12.9. The van der Waals surface area contributed by atoms with Gasteiger partial charge < -0.3 is 5.73 Å². The van der Waals surface area contributed by atoms with Crippen LogP contribution in [-0.4, -0.2) is 25.8 Å². The summed E-state index contributed by atoms with van der Waals surface area (Å²) in [4.78, 5) is 15.3. The highest BCUT2D eigenvalue weighted by Crippen LogP contribution is 2.03. The molecule has 0 radical (unpaired) electrons. The van der Waals surface area contributed by atoms with Crippen molar-refractivity contribution in [2.75, 3.05) is 0 Å². The Morgan fingerprint density at radius 3 is 2.94 bits per heavy atom. The molecule has 2 aromatic rings. The van der Waals surface area contributed by atoms with Crippen LogP contribution in [0.1, 0.15) is 16.1 Å². The fourth-order valence-electron chi connectivity index (χ4n) is 1.31. The number of carbonyl (C=O) groups excluding carboxylic acids is 1. The highest BCUT2D eigenvalue weighted by Gasteiger charge is 2.09. The number of ketones is 1. The van der Waals surface area contributed by atoms with Crippen LogP contribution in [0.15, 0.2) is 24.7 Å². The van der Waals surface area contributed by atoms with E-state index < -0.39 is 5.82 Å². The number of aromatic nitrogens is 4. The van der Waals surface area contributed by atoms with Gasteiger partial charge in [0.1, 0.15) is 12.4 Å². The van der Waals surface area contributed by atoms with Gasteiger partial charge in [0.25, 0.3) is 0 Å². The van der Waals surface area contributed by atoms with Gasteiger partial charge in [-0.25, -0.2) is 9.07 Å². The van der Waals surface area contributed by atoms with Crippen molar-refractivity contribution in [3.05, 3.63) is 41.7 Å². The predicted octanol–water partition coefficient (Wildman–Crippen LogP) is 0.154. The van der Waals surface area contributed by atoms with Crippen molar-refractivity contribution in [2.24, 2.45) is 5.73 Å². The molecule has 6 nitrogen and oxygen atoms in total. The van der Waals surface area contributed by atoms with E-state index in [4.69, 9.17) is 5.73 Å². The van der Waals surface area contributed by atoms with Crippen LogP contribution in [0.5, 0.6) is 0 Å². The Labute approximate surface area is 96.3 Å². The van der Waals surface area contributed by atoms with Crippen molar-refractivity contribution in [3.63, 3.8) is 0 Å². The molecule has 0 spiro atoms. The van der Waals surface area contributed by atoms with E-state index in [-0.39, 0.29) is 24.4 Å².